The van der Waals surface area contributed by atoms with Gasteiger partial charge in [0.1, 0.15) is 11.5 Å². The van der Waals surface area contributed by atoms with Crippen LogP contribution >= 0.6 is 0 Å². The molecule has 0 spiro atoms. The molecule has 2 aromatic rings. The molecule has 1 saturated carbocycles. The zero-order valence-electron chi connectivity index (χ0n) is 10.5. The van der Waals surface area contributed by atoms with Gasteiger partial charge in [-0.25, -0.2) is 14.2 Å². The van der Waals surface area contributed by atoms with Crippen LogP contribution in [0, 0.1) is 5.82 Å². The number of pyridine rings is 1. The summed E-state index contributed by atoms with van der Waals surface area (Å²) in [5.74, 6) is -0.345. The van der Waals surface area contributed by atoms with E-state index >= 15 is 0 Å². The number of aromatic nitrogens is 2. The number of amides is 1. The van der Waals surface area contributed by atoms with Crippen LogP contribution in [0.2, 0.25) is 0 Å². The lowest BCUT2D eigenvalue weighted by atomic mass is 9.85. The fraction of sp³-hybridized carbons (Fsp3) is 0.385. The minimum atomic E-state index is -0.902. The van der Waals surface area contributed by atoms with Crippen molar-refractivity contribution in [2.75, 3.05) is 7.05 Å². The third-order valence-electron chi connectivity index (χ3n) is 3.85. The molecule has 1 N–H and O–H groups in total. The number of carboxylic acid groups (broad SMARTS) is 1. The van der Waals surface area contributed by atoms with Gasteiger partial charge in [0.05, 0.1) is 6.20 Å². The van der Waals surface area contributed by atoms with E-state index < -0.39 is 6.09 Å². The van der Waals surface area contributed by atoms with E-state index in [4.69, 9.17) is 5.11 Å². The molecule has 100 valence electrons. The number of fused-ring (bicyclic) bond motifs is 1. The monoisotopic (exact) mass is 263 g/mol. The maximum atomic E-state index is 13.1. The number of halogens is 1. The van der Waals surface area contributed by atoms with Gasteiger partial charge in [0.2, 0.25) is 0 Å². The van der Waals surface area contributed by atoms with Crippen LogP contribution in [-0.4, -0.2) is 38.7 Å². The van der Waals surface area contributed by atoms with Gasteiger partial charge in [0, 0.05) is 30.7 Å². The van der Waals surface area contributed by atoms with Gasteiger partial charge >= 0.3 is 6.09 Å². The van der Waals surface area contributed by atoms with Crippen molar-refractivity contribution in [3.63, 3.8) is 0 Å². The highest BCUT2D eigenvalue weighted by molar-refractivity contribution is 5.76. The number of hydrogen-bond acceptors (Lipinski definition) is 2. The standard InChI is InChI=1S/C13H14FN3O2/c1-16(13(18)19)10-5-11(6-10)17-3-2-8-4-9(14)7-15-12(8)17/h2-4,7,10-11H,5-6H2,1H3,(H,18,19). The lowest BCUT2D eigenvalue weighted by Crippen LogP contribution is -2.45. The van der Waals surface area contributed by atoms with Crippen LogP contribution in [0.5, 0.6) is 0 Å². The van der Waals surface area contributed by atoms with E-state index in [1.807, 2.05) is 16.8 Å². The van der Waals surface area contributed by atoms with Gasteiger partial charge < -0.3 is 14.6 Å². The van der Waals surface area contributed by atoms with Crippen molar-refractivity contribution in [1.29, 1.82) is 0 Å². The third-order valence-corrected chi connectivity index (χ3v) is 3.85. The van der Waals surface area contributed by atoms with Crippen molar-refractivity contribution in [1.82, 2.24) is 14.5 Å². The first-order chi connectivity index (χ1) is 9.06. The zero-order valence-corrected chi connectivity index (χ0v) is 10.5. The van der Waals surface area contributed by atoms with Crippen LogP contribution in [-0.2, 0) is 0 Å². The fourth-order valence-electron chi connectivity index (χ4n) is 2.57. The van der Waals surface area contributed by atoms with E-state index in [1.54, 1.807) is 7.05 Å². The average molecular weight is 263 g/mol. The minimum absolute atomic E-state index is 0.0559. The Hall–Kier alpha value is -2.11. The molecule has 2 heterocycles. The van der Waals surface area contributed by atoms with Crippen LogP contribution in [0.3, 0.4) is 0 Å². The van der Waals surface area contributed by atoms with Crippen LogP contribution in [0.15, 0.2) is 24.5 Å². The summed E-state index contributed by atoms with van der Waals surface area (Å²) in [5.41, 5.74) is 0.753. The summed E-state index contributed by atoms with van der Waals surface area (Å²) < 4.78 is 15.1. The van der Waals surface area contributed by atoms with E-state index in [9.17, 15) is 9.18 Å². The van der Waals surface area contributed by atoms with E-state index in [-0.39, 0.29) is 17.9 Å². The Morgan fingerprint density at radius 1 is 1.58 bits per heavy atom. The van der Waals surface area contributed by atoms with E-state index in [1.165, 1.54) is 17.2 Å². The number of nitrogens with zero attached hydrogens (tertiary/aromatic N) is 3. The van der Waals surface area contributed by atoms with Gasteiger partial charge in [-0.15, -0.1) is 0 Å². The van der Waals surface area contributed by atoms with Crippen molar-refractivity contribution in [2.24, 2.45) is 0 Å². The molecule has 6 heteroatoms. The Morgan fingerprint density at radius 2 is 2.32 bits per heavy atom. The van der Waals surface area contributed by atoms with E-state index in [0.29, 0.717) is 0 Å². The summed E-state index contributed by atoms with van der Waals surface area (Å²) in [6.45, 7) is 0. The van der Waals surface area contributed by atoms with E-state index in [2.05, 4.69) is 4.98 Å². The summed E-state index contributed by atoms with van der Waals surface area (Å²) >= 11 is 0. The molecule has 19 heavy (non-hydrogen) atoms. The normalized spacial score (nSPS) is 22.2. The molecule has 0 aliphatic heterocycles. The fourth-order valence-corrected chi connectivity index (χ4v) is 2.57. The van der Waals surface area contributed by atoms with Gasteiger partial charge in [-0.2, -0.15) is 0 Å². The second-order valence-electron chi connectivity index (χ2n) is 4.96. The van der Waals surface area contributed by atoms with Gasteiger partial charge in [-0.1, -0.05) is 0 Å². The number of rotatable bonds is 2. The lowest BCUT2D eigenvalue weighted by Gasteiger charge is -2.40. The topological polar surface area (TPSA) is 58.4 Å². The number of hydrogen-bond donors (Lipinski definition) is 1. The Morgan fingerprint density at radius 3 is 3.00 bits per heavy atom. The largest absolute Gasteiger partial charge is 0.465 e. The van der Waals surface area contributed by atoms with E-state index in [0.717, 1.165) is 23.9 Å². The third kappa shape index (κ3) is 1.93. The van der Waals surface area contributed by atoms with Gasteiger partial charge in [-0.05, 0) is 25.0 Å². The van der Waals surface area contributed by atoms with Crippen LogP contribution < -0.4 is 0 Å². The highest BCUT2D eigenvalue weighted by Crippen LogP contribution is 2.37. The average Bonchev–Trinajstić information content (AvgIpc) is 2.70. The Bertz CT molecular complexity index is 634. The van der Waals surface area contributed by atoms with Crippen molar-refractivity contribution < 1.29 is 14.3 Å². The van der Waals surface area contributed by atoms with Gasteiger partial charge in [0.15, 0.2) is 0 Å². The van der Waals surface area contributed by atoms with Crippen LogP contribution in [0.25, 0.3) is 11.0 Å². The summed E-state index contributed by atoms with van der Waals surface area (Å²) in [6, 6.07) is 3.58. The quantitative estimate of drug-likeness (QED) is 0.905. The second kappa shape index (κ2) is 4.22. The SMILES string of the molecule is CN(C(=O)O)C1CC(n2ccc3cc(F)cnc32)C1. The molecule has 5 nitrogen and oxygen atoms in total. The van der Waals surface area contributed by atoms with Gasteiger partial charge in [-0.3, -0.25) is 0 Å². The zero-order chi connectivity index (χ0) is 13.6. The number of carbonyl (C=O) groups is 1. The molecular weight excluding hydrogens is 249 g/mol. The molecule has 0 atom stereocenters. The molecule has 0 radical (unpaired) electrons. The summed E-state index contributed by atoms with van der Waals surface area (Å²) in [6.07, 6.45) is 3.73. The maximum absolute atomic E-state index is 13.1. The molecule has 0 unspecified atom stereocenters. The first kappa shape index (κ1) is 12.0. The Kier molecular flexibility index (Phi) is 2.66. The van der Waals surface area contributed by atoms with Crippen molar-refractivity contribution >= 4 is 17.1 Å². The molecule has 0 saturated heterocycles. The smallest absolute Gasteiger partial charge is 0.407 e. The van der Waals surface area contributed by atoms with Crippen molar-refractivity contribution in [3.8, 4) is 0 Å². The molecule has 1 aliphatic carbocycles. The predicted octanol–water partition coefficient (Wildman–Crippen LogP) is 2.49. The lowest BCUT2D eigenvalue weighted by molar-refractivity contribution is 0.0902. The molecule has 2 aromatic heterocycles. The summed E-state index contributed by atoms with van der Waals surface area (Å²) in [4.78, 5) is 16.3. The van der Waals surface area contributed by atoms with Crippen LogP contribution in [0.4, 0.5) is 9.18 Å². The molecule has 1 amide bonds. The Labute approximate surface area is 109 Å². The summed E-state index contributed by atoms with van der Waals surface area (Å²) in [7, 11) is 1.59. The first-order valence-corrected chi connectivity index (χ1v) is 6.14. The minimum Gasteiger partial charge on any atom is -0.465 e. The molecule has 1 aliphatic rings. The summed E-state index contributed by atoms with van der Waals surface area (Å²) in [5, 5.41) is 9.67. The molecule has 1 fully saturated rings. The van der Waals surface area contributed by atoms with Crippen molar-refractivity contribution in [3.05, 3.63) is 30.3 Å². The van der Waals surface area contributed by atoms with Crippen molar-refractivity contribution in [2.45, 2.75) is 24.9 Å². The Balaban J connectivity index is 1.79. The van der Waals surface area contributed by atoms with Gasteiger partial charge in [0.25, 0.3) is 0 Å². The predicted molar refractivity (Wildman–Crippen MR) is 67.5 cm³/mol. The molecular formula is C13H14FN3O2. The molecule has 3 rings (SSSR count). The van der Waals surface area contributed by atoms with Crippen LogP contribution in [0.1, 0.15) is 18.9 Å². The highest BCUT2D eigenvalue weighted by atomic mass is 19.1. The first-order valence-electron chi connectivity index (χ1n) is 6.14. The molecule has 0 aromatic carbocycles. The second-order valence-corrected chi connectivity index (χ2v) is 4.96. The highest BCUT2D eigenvalue weighted by Gasteiger charge is 2.35. The molecule has 0 bridgehead atoms. The maximum Gasteiger partial charge on any atom is 0.407 e.